The summed E-state index contributed by atoms with van der Waals surface area (Å²) in [6.07, 6.45) is 0. The Labute approximate surface area is 196 Å². The van der Waals surface area contributed by atoms with Gasteiger partial charge in [0.25, 0.3) is 15.9 Å². The molecule has 0 radical (unpaired) electrons. The fourth-order valence-corrected chi connectivity index (χ4v) is 4.73. The third-order valence-electron chi connectivity index (χ3n) is 5.59. The first-order chi connectivity index (χ1) is 15.7. The summed E-state index contributed by atoms with van der Waals surface area (Å²) < 4.78 is 34.0. The van der Waals surface area contributed by atoms with E-state index in [1.54, 1.807) is 36.4 Å². The molecule has 1 amide bonds. The van der Waals surface area contributed by atoms with Crippen LogP contribution < -0.4 is 14.4 Å². The summed E-state index contributed by atoms with van der Waals surface area (Å²) in [5, 5.41) is 2.98. The van der Waals surface area contributed by atoms with Crippen LogP contribution in [-0.4, -0.2) is 27.5 Å². The van der Waals surface area contributed by atoms with E-state index in [2.05, 4.69) is 5.32 Å². The number of hydrogen-bond donors (Lipinski definition) is 1. The zero-order valence-electron chi connectivity index (χ0n) is 19.4. The minimum Gasteiger partial charge on any atom is -0.497 e. The Morgan fingerprint density at radius 1 is 0.909 bits per heavy atom. The largest absolute Gasteiger partial charge is 0.497 e. The Morgan fingerprint density at radius 3 is 2.12 bits per heavy atom. The second kappa shape index (κ2) is 10.5. The summed E-state index contributed by atoms with van der Waals surface area (Å²) in [6.45, 7) is 6.06. The van der Waals surface area contributed by atoms with Gasteiger partial charge in [-0.1, -0.05) is 56.3 Å². The van der Waals surface area contributed by atoms with Crippen LogP contribution in [0, 0.1) is 5.92 Å². The van der Waals surface area contributed by atoms with Gasteiger partial charge in [-0.05, 0) is 54.8 Å². The Morgan fingerprint density at radius 2 is 1.52 bits per heavy atom. The quantitative estimate of drug-likeness (QED) is 0.488. The van der Waals surface area contributed by atoms with E-state index in [1.165, 1.54) is 23.5 Å². The summed E-state index contributed by atoms with van der Waals surface area (Å²) in [7, 11) is -2.45. The van der Waals surface area contributed by atoms with Crippen LogP contribution in [0.5, 0.6) is 5.75 Å². The molecule has 1 unspecified atom stereocenters. The fourth-order valence-electron chi connectivity index (χ4n) is 3.26. The normalized spacial score (nSPS) is 12.3. The molecule has 33 heavy (non-hydrogen) atoms. The molecule has 0 saturated carbocycles. The van der Waals surface area contributed by atoms with Gasteiger partial charge in [-0.25, -0.2) is 8.42 Å². The zero-order chi connectivity index (χ0) is 24.0. The lowest BCUT2D eigenvalue weighted by Crippen LogP contribution is -2.38. The number of amides is 1. The topological polar surface area (TPSA) is 75.7 Å². The number of benzene rings is 3. The van der Waals surface area contributed by atoms with E-state index in [4.69, 9.17) is 4.74 Å². The van der Waals surface area contributed by atoms with Gasteiger partial charge in [-0.2, -0.15) is 0 Å². The molecule has 0 aliphatic heterocycles. The number of nitrogens with one attached hydrogen (secondary N) is 1. The Balaban J connectivity index is 2.10. The minimum absolute atomic E-state index is 0.0636. The monoisotopic (exact) mass is 466 g/mol. The van der Waals surface area contributed by atoms with Crippen molar-refractivity contribution in [3.05, 3.63) is 90.0 Å². The number of nitrogens with zero attached hydrogens (tertiary/aromatic N) is 1. The van der Waals surface area contributed by atoms with E-state index in [9.17, 15) is 13.2 Å². The van der Waals surface area contributed by atoms with E-state index in [0.29, 0.717) is 17.0 Å². The molecule has 0 bridgehead atoms. The van der Waals surface area contributed by atoms with Gasteiger partial charge in [-0.15, -0.1) is 0 Å². The standard InChI is InChI=1S/C26H30N2O4S/c1-19(2)20(3)27-26(29)24-12-8-9-13-25(24)28(18-21-10-6-5-7-11-21)33(30,31)23-16-14-22(32-4)15-17-23/h5-17,19-20H,18H2,1-4H3,(H,27,29). The first-order valence-electron chi connectivity index (χ1n) is 10.8. The molecule has 3 aromatic rings. The second-order valence-corrected chi connectivity index (χ2v) is 10.1. The van der Waals surface area contributed by atoms with Crippen molar-refractivity contribution in [1.29, 1.82) is 0 Å². The van der Waals surface area contributed by atoms with Crippen LogP contribution in [0.3, 0.4) is 0 Å². The molecule has 3 rings (SSSR count). The summed E-state index contributed by atoms with van der Waals surface area (Å²) in [5.74, 6) is 0.491. The van der Waals surface area contributed by atoms with Crippen molar-refractivity contribution in [2.24, 2.45) is 5.92 Å². The maximum absolute atomic E-state index is 13.8. The van der Waals surface area contributed by atoms with Gasteiger partial charge in [0.05, 0.1) is 29.8 Å². The molecule has 3 aromatic carbocycles. The Hall–Kier alpha value is -3.32. The highest BCUT2D eigenvalue weighted by Crippen LogP contribution is 2.30. The van der Waals surface area contributed by atoms with Crippen molar-refractivity contribution in [3.8, 4) is 5.75 Å². The minimum atomic E-state index is -3.98. The molecule has 0 spiro atoms. The third-order valence-corrected chi connectivity index (χ3v) is 7.37. The number of ether oxygens (including phenoxy) is 1. The summed E-state index contributed by atoms with van der Waals surface area (Å²) in [5.41, 5.74) is 1.43. The molecule has 0 fully saturated rings. The molecule has 0 aliphatic rings. The van der Waals surface area contributed by atoms with Crippen LogP contribution in [0.15, 0.2) is 83.8 Å². The van der Waals surface area contributed by atoms with Crippen LogP contribution in [-0.2, 0) is 16.6 Å². The predicted octanol–water partition coefficient (Wildman–Crippen LogP) is 4.87. The van der Waals surface area contributed by atoms with Gasteiger partial charge in [0.2, 0.25) is 0 Å². The van der Waals surface area contributed by atoms with Gasteiger partial charge < -0.3 is 10.1 Å². The molecule has 0 heterocycles. The lowest BCUT2D eigenvalue weighted by atomic mass is 10.1. The molecule has 6 nitrogen and oxygen atoms in total. The summed E-state index contributed by atoms with van der Waals surface area (Å²) in [4.78, 5) is 13.3. The lowest BCUT2D eigenvalue weighted by Gasteiger charge is -2.27. The predicted molar refractivity (Wildman–Crippen MR) is 131 cm³/mol. The highest BCUT2D eigenvalue weighted by Gasteiger charge is 2.29. The van der Waals surface area contributed by atoms with Crippen molar-refractivity contribution in [3.63, 3.8) is 0 Å². The lowest BCUT2D eigenvalue weighted by molar-refractivity contribution is 0.0931. The average molecular weight is 467 g/mol. The highest BCUT2D eigenvalue weighted by atomic mass is 32.2. The van der Waals surface area contributed by atoms with Crippen molar-refractivity contribution >= 4 is 21.6 Å². The van der Waals surface area contributed by atoms with E-state index in [1.807, 2.05) is 51.1 Å². The van der Waals surface area contributed by atoms with Gasteiger partial charge in [-0.3, -0.25) is 9.10 Å². The SMILES string of the molecule is COc1ccc(S(=O)(=O)N(Cc2ccccc2)c2ccccc2C(=O)NC(C)C(C)C)cc1. The number of carbonyl (C=O) groups excluding carboxylic acids is 1. The number of rotatable bonds is 9. The van der Waals surface area contributed by atoms with E-state index in [-0.39, 0.29) is 29.3 Å². The third kappa shape index (κ3) is 5.73. The van der Waals surface area contributed by atoms with Gasteiger partial charge in [0.15, 0.2) is 0 Å². The maximum atomic E-state index is 13.8. The van der Waals surface area contributed by atoms with Crippen LogP contribution in [0.25, 0.3) is 0 Å². The van der Waals surface area contributed by atoms with E-state index in [0.717, 1.165) is 5.56 Å². The first-order valence-corrected chi connectivity index (χ1v) is 12.3. The molecule has 1 atom stereocenters. The number of methoxy groups -OCH3 is 1. The number of carbonyl (C=O) groups is 1. The van der Waals surface area contributed by atoms with E-state index >= 15 is 0 Å². The van der Waals surface area contributed by atoms with E-state index < -0.39 is 10.0 Å². The van der Waals surface area contributed by atoms with Crippen molar-refractivity contribution in [1.82, 2.24) is 5.32 Å². The summed E-state index contributed by atoms with van der Waals surface area (Å²) in [6, 6.07) is 22.3. The maximum Gasteiger partial charge on any atom is 0.264 e. The fraction of sp³-hybridized carbons (Fsp3) is 0.269. The van der Waals surface area contributed by atoms with Crippen LogP contribution in [0.1, 0.15) is 36.7 Å². The second-order valence-electron chi connectivity index (χ2n) is 8.20. The first kappa shape index (κ1) is 24.3. The number of anilines is 1. The molecule has 7 heteroatoms. The molecule has 0 saturated heterocycles. The molecule has 174 valence electrons. The zero-order valence-corrected chi connectivity index (χ0v) is 20.2. The van der Waals surface area contributed by atoms with Gasteiger partial charge in [0, 0.05) is 6.04 Å². The van der Waals surface area contributed by atoms with Crippen LogP contribution in [0.4, 0.5) is 5.69 Å². The number of para-hydroxylation sites is 1. The summed E-state index contributed by atoms with van der Waals surface area (Å²) >= 11 is 0. The average Bonchev–Trinajstić information content (AvgIpc) is 2.83. The molecule has 0 aliphatic carbocycles. The Kier molecular flexibility index (Phi) is 7.76. The molecular formula is C26H30N2O4S. The van der Waals surface area contributed by atoms with Crippen molar-refractivity contribution < 1.29 is 17.9 Å². The number of hydrogen-bond acceptors (Lipinski definition) is 4. The molecule has 0 aromatic heterocycles. The van der Waals surface area contributed by atoms with Gasteiger partial charge >= 0.3 is 0 Å². The molecule has 1 N–H and O–H groups in total. The van der Waals surface area contributed by atoms with Crippen molar-refractivity contribution in [2.75, 3.05) is 11.4 Å². The molecular weight excluding hydrogens is 436 g/mol. The van der Waals surface area contributed by atoms with Crippen LogP contribution >= 0.6 is 0 Å². The smallest absolute Gasteiger partial charge is 0.264 e. The Bertz CT molecular complexity index is 1180. The highest BCUT2D eigenvalue weighted by molar-refractivity contribution is 7.92. The van der Waals surface area contributed by atoms with Crippen LogP contribution in [0.2, 0.25) is 0 Å². The number of sulfonamides is 1. The van der Waals surface area contributed by atoms with Gasteiger partial charge in [0.1, 0.15) is 5.75 Å². The van der Waals surface area contributed by atoms with Crippen molar-refractivity contribution in [2.45, 2.75) is 38.3 Å².